The van der Waals surface area contributed by atoms with Gasteiger partial charge in [-0.15, -0.1) is 0 Å². The lowest BCUT2D eigenvalue weighted by Gasteiger charge is -2.44. The number of nitrogens with one attached hydrogen (secondary N) is 4. The standard InChI is InChI=1S/C39H67N5O8S/c1-10-17-27(30(45)33(47)40-25(2)23-52-9)41-32(46)29-28-26(37(28,6)7)22-44(29)34(48)31(38(8)18-13-11-14-19-38)42-35(49)43-39(20-15-12-16-21-39)24-53(50,51)36(3,4)5/h25-29,31H,10-24H2,1-9H3,(H,40,47)(H,41,46)(H2,42,43,49)/t25?,26-,27?,28-,29-,31+/m0/s1. The fourth-order valence-corrected chi connectivity index (χ4v) is 10.8. The SMILES string of the molecule is CCCC(NC(=O)[C@@H]1[C@@H]2[C@H](CN1C(=O)[C@@H](NC(=O)NC1(CS(=O)(=O)C(C)(C)C)CCCCC1)C1(C)CCCCC1)C2(C)C)C(=O)C(=O)NC(C)COC. The molecule has 5 amide bonds. The Kier molecular flexibility index (Phi) is 13.4. The van der Waals surface area contributed by atoms with Crippen LogP contribution in [0.2, 0.25) is 0 Å². The van der Waals surface area contributed by atoms with Crippen molar-refractivity contribution in [3.8, 4) is 0 Å². The fraction of sp³-hybridized carbons (Fsp3) is 0.872. The van der Waals surface area contributed by atoms with Gasteiger partial charge in [-0.2, -0.15) is 0 Å². The maximum atomic E-state index is 14.9. The van der Waals surface area contributed by atoms with E-state index in [0.29, 0.717) is 38.6 Å². The van der Waals surface area contributed by atoms with Crippen molar-refractivity contribution in [3.63, 3.8) is 0 Å². The Morgan fingerprint density at radius 1 is 0.887 bits per heavy atom. The number of amides is 5. The molecule has 13 nitrogen and oxygen atoms in total. The van der Waals surface area contributed by atoms with Crippen molar-refractivity contribution in [3.05, 3.63) is 0 Å². The van der Waals surface area contributed by atoms with E-state index in [9.17, 15) is 32.4 Å². The largest absolute Gasteiger partial charge is 0.383 e. The van der Waals surface area contributed by atoms with Gasteiger partial charge in [0.25, 0.3) is 5.91 Å². The number of likely N-dealkylation sites (tertiary alicyclic amines) is 1. The number of hydrogen-bond acceptors (Lipinski definition) is 8. The molecule has 0 bridgehead atoms. The average molecular weight is 766 g/mol. The minimum atomic E-state index is -3.57. The minimum Gasteiger partial charge on any atom is -0.383 e. The average Bonchev–Trinajstić information content (AvgIpc) is 3.36. The first-order valence-electron chi connectivity index (χ1n) is 19.9. The van der Waals surface area contributed by atoms with E-state index < -0.39 is 73.3 Å². The van der Waals surface area contributed by atoms with Crippen molar-refractivity contribution in [2.45, 2.75) is 167 Å². The maximum Gasteiger partial charge on any atom is 0.315 e. The molecule has 0 radical (unpaired) electrons. The summed E-state index contributed by atoms with van der Waals surface area (Å²) < 4.78 is 31.0. The highest BCUT2D eigenvalue weighted by atomic mass is 32.2. The molecule has 0 aromatic rings. The van der Waals surface area contributed by atoms with Gasteiger partial charge in [-0.3, -0.25) is 19.2 Å². The number of hydrogen-bond donors (Lipinski definition) is 4. The smallest absolute Gasteiger partial charge is 0.315 e. The van der Waals surface area contributed by atoms with E-state index in [2.05, 4.69) is 35.1 Å². The molecular weight excluding hydrogens is 699 g/mol. The zero-order valence-electron chi connectivity index (χ0n) is 33.7. The van der Waals surface area contributed by atoms with Gasteiger partial charge in [-0.25, -0.2) is 13.2 Å². The van der Waals surface area contributed by atoms with Crippen LogP contribution in [-0.2, 0) is 33.8 Å². The summed E-state index contributed by atoms with van der Waals surface area (Å²) in [6.07, 6.45) is 8.62. The van der Waals surface area contributed by atoms with Gasteiger partial charge < -0.3 is 30.9 Å². The molecule has 0 spiro atoms. The highest BCUT2D eigenvalue weighted by Gasteiger charge is 2.70. The van der Waals surface area contributed by atoms with Crippen LogP contribution in [0.3, 0.4) is 0 Å². The molecule has 4 fully saturated rings. The van der Waals surface area contributed by atoms with Crippen LogP contribution in [0.5, 0.6) is 0 Å². The molecule has 4 N–H and O–H groups in total. The number of rotatable bonds is 15. The summed E-state index contributed by atoms with van der Waals surface area (Å²) in [5, 5.41) is 11.6. The number of nitrogens with zero attached hydrogens (tertiary/aromatic N) is 1. The number of carbonyl (C=O) groups excluding carboxylic acids is 5. The van der Waals surface area contributed by atoms with E-state index >= 15 is 0 Å². The molecule has 0 aromatic heterocycles. The van der Waals surface area contributed by atoms with E-state index in [4.69, 9.17) is 4.74 Å². The van der Waals surface area contributed by atoms with E-state index in [0.717, 1.165) is 38.5 Å². The quantitative estimate of drug-likeness (QED) is 0.181. The number of urea groups is 1. The second kappa shape index (κ2) is 16.5. The molecule has 4 aliphatic rings. The molecule has 4 rings (SSSR count). The van der Waals surface area contributed by atoms with Gasteiger partial charge in [0.1, 0.15) is 12.1 Å². The van der Waals surface area contributed by atoms with E-state index in [1.807, 2.05) is 13.8 Å². The van der Waals surface area contributed by atoms with Crippen molar-refractivity contribution >= 4 is 39.4 Å². The molecular formula is C39H67N5O8S. The molecule has 3 aliphatic carbocycles. The van der Waals surface area contributed by atoms with Crippen LogP contribution >= 0.6 is 0 Å². The van der Waals surface area contributed by atoms with Crippen LogP contribution in [0.15, 0.2) is 0 Å². The summed E-state index contributed by atoms with van der Waals surface area (Å²) in [7, 11) is -2.07. The maximum absolute atomic E-state index is 14.9. The number of ketones is 1. The van der Waals surface area contributed by atoms with Gasteiger partial charge in [0.15, 0.2) is 9.84 Å². The first kappa shape index (κ1) is 43.0. The van der Waals surface area contributed by atoms with Crippen molar-refractivity contribution in [1.82, 2.24) is 26.2 Å². The Hall–Kier alpha value is -2.74. The van der Waals surface area contributed by atoms with Crippen LogP contribution in [0.4, 0.5) is 4.79 Å². The van der Waals surface area contributed by atoms with Crippen molar-refractivity contribution < 1.29 is 37.1 Å². The number of Topliss-reactive ketones (excluding diaryl/α,β-unsaturated/α-hetero) is 1. The predicted molar refractivity (Wildman–Crippen MR) is 204 cm³/mol. The van der Waals surface area contributed by atoms with Crippen molar-refractivity contribution in [2.24, 2.45) is 22.7 Å². The van der Waals surface area contributed by atoms with Crippen LogP contribution in [0.25, 0.3) is 0 Å². The molecule has 1 saturated heterocycles. The Morgan fingerprint density at radius 3 is 2.02 bits per heavy atom. The van der Waals surface area contributed by atoms with E-state index in [1.165, 1.54) is 7.11 Å². The Bertz CT molecular complexity index is 1480. The fourth-order valence-electron chi connectivity index (χ4n) is 9.24. The second-order valence-electron chi connectivity index (χ2n) is 18.4. The van der Waals surface area contributed by atoms with Crippen LogP contribution in [0.1, 0.15) is 132 Å². The van der Waals surface area contributed by atoms with Crippen molar-refractivity contribution in [1.29, 1.82) is 0 Å². The minimum absolute atomic E-state index is 0.0578. The summed E-state index contributed by atoms with van der Waals surface area (Å²) in [5.74, 6) is -2.65. The Labute approximate surface area is 317 Å². The summed E-state index contributed by atoms with van der Waals surface area (Å²) in [6, 6.07) is -3.88. The third-order valence-corrected chi connectivity index (χ3v) is 15.6. The molecule has 0 aromatic carbocycles. The number of piperidine rings is 1. The summed E-state index contributed by atoms with van der Waals surface area (Å²) in [6.45, 7) is 15.3. The zero-order chi connectivity index (χ0) is 39.6. The molecule has 6 atom stereocenters. The van der Waals surface area contributed by atoms with Crippen LogP contribution in [0, 0.1) is 22.7 Å². The number of methoxy groups -OCH3 is 1. The molecule has 1 heterocycles. The molecule has 302 valence electrons. The van der Waals surface area contributed by atoms with E-state index in [-0.39, 0.29) is 41.9 Å². The number of ether oxygens (including phenoxy) is 1. The molecule has 1 aliphatic heterocycles. The van der Waals surface area contributed by atoms with Gasteiger partial charge in [0.05, 0.1) is 28.7 Å². The number of fused-ring (bicyclic) bond motifs is 1. The summed E-state index contributed by atoms with van der Waals surface area (Å²) in [4.78, 5) is 71.1. The molecule has 14 heteroatoms. The van der Waals surface area contributed by atoms with Crippen LogP contribution < -0.4 is 21.3 Å². The van der Waals surface area contributed by atoms with Gasteiger partial charge in [0.2, 0.25) is 17.6 Å². The summed E-state index contributed by atoms with van der Waals surface area (Å²) >= 11 is 0. The second-order valence-corrected chi connectivity index (χ2v) is 21.1. The molecule has 53 heavy (non-hydrogen) atoms. The van der Waals surface area contributed by atoms with Crippen LogP contribution in [-0.4, -0.2) is 103 Å². The number of sulfone groups is 1. The Morgan fingerprint density at radius 2 is 1.47 bits per heavy atom. The lowest BCUT2D eigenvalue weighted by molar-refractivity contribution is -0.146. The van der Waals surface area contributed by atoms with Gasteiger partial charge >= 0.3 is 6.03 Å². The first-order valence-corrected chi connectivity index (χ1v) is 21.5. The van der Waals surface area contributed by atoms with Gasteiger partial charge in [-0.05, 0) is 82.5 Å². The summed E-state index contributed by atoms with van der Waals surface area (Å²) in [5.41, 5.74) is -1.76. The molecule has 3 saturated carbocycles. The normalized spacial score (nSPS) is 26.3. The third-order valence-electron chi connectivity index (χ3n) is 12.8. The van der Waals surface area contributed by atoms with E-state index in [1.54, 1.807) is 32.6 Å². The predicted octanol–water partition coefficient (Wildman–Crippen LogP) is 4.03. The van der Waals surface area contributed by atoms with Gasteiger partial charge in [-0.1, -0.05) is 72.6 Å². The topological polar surface area (TPSA) is 180 Å². The van der Waals surface area contributed by atoms with Gasteiger partial charge in [0, 0.05) is 19.7 Å². The van der Waals surface area contributed by atoms with Crippen molar-refractivity contribution in [2.75, 3.05) is 26.0 Å². The first-order chi connectivity index (χ1) is 24.6. The lowest BCUT2D eigenvalue weighted by Crippen LogP contribution is -2.65. The monoisotopic (exact) mass is 765 g/mol. The number of carbonyl (C=O) groups is 5. The zero-order valence-corrected chi connectivity index (χ0v) is 34.5. The third kappa shape index (κ3) is 9.56. The lowest BCUT2D eigenvalue weighted by atomic mass is 9.70. The highest BCUT2D eigenvalue weighted by Crippen LogP contribution is 2.65. The Balaban J connectivity index is 1.60. The highest BCUT2D eigenvalue weighted by molar-refractivity contribution is 7.92. The molecule has 2 unspecified atom stereocenters.